The first-order chi connectivity index (χ1) is 14.1. The normalized spacial score (nSPS) is 23.5. The Kier molecular flexibility index (Phi) is 4.72. The van der Waals surface area contributed by atoms with Crippen LogP contribution in [0.3, 0.4) is 0 Å². The van der Waals surface area contributed by atoms with Crippen LogP contribution in [0.4, 0.5) is 0 Å². The van der Waals surface area contributed by atoms with Crippen LogP contribution in [-0.2, 0) is 6.61 Å². The van der Waals surface area contributed by atoms with Crippen molar-refractivity contribution in [2.24, 2.45) is 17.6 Å². The fraction of sp³-hybridized carbons (Fsp3) is 0.409. The first kappa shape index (κ1) is 18.5. The summed E-state index contributed by atoms with van der Waals surface area (Å²) in [6.45, 7) is 4.08. The van der Waals surface area contributed by atoms with E-state index in [0.717, 1.165) is 47.3 Å². The second kappa shape index (κ2) is 7.39. The molecule has 1 aromatic carbocycles. The van der Waals surface area contributed by atoms with E-state index in [2.05, 4.69) is 16.0 Å². The number of carbonyl (C=O) groups is 1. The lowest BCUT2D eigenvalue weighted by atomic mass is 9.98. The van der Waals surface area contributed by atoms with Crippen LogP contribution in [0.5, 0.6) is 5.88 Å². The maximum absolute atomic E-state index is 12.9. The number of amides is 1. The molecule has 3 atom stereocenters. The number of thiophene rings is 1. The third-order valence-corrected chi connectivity index (χ3v) is 7.15. The van der Waals surface area contributed by atoms with Crippen LogP contribution in [0.2, 0.25) is 0 Å². The molecule has 5 rings (SSSR count). The first-order valence-corrected chi connectivity index (χ1v) is 10.9. The number of rotatable bonds is 4. The minimum atomic E-state index is 0.102. The number of fused-ring (bicyclic) bond motifs is 2. The molecule has 150 valence electrons. The molecule has 2 N–H and O–H groups in total. The minimum absolute atomic E-state index is 0.102. The van der Waals surface area contributed by atoms with E-state index in [1.807, 2.05) is 36.1 Å². The van der Waals surface area contributed by atoms with Gasteiger partial charge in [0.05, 0.1) is 5.39 Å². The minimum Gasteiger partial charge on any atom is -0.472 e. The van der Waals surface area contributed by atoms with Crippen molar-refractivity contribution < 1.29 is 9.53 Å². The van der Waals surface area contributed by atoms with E-state index in [1.165, 1.54) is 11.2 Å². The smallest absolute Gasteiger partial charge is 0.253 e. The molecule has 1 aliphatic carbocycles. The van der Waals surface area contributed by atoms with E-state index < -0.39 is 0 Å². The number of nitrogens with zero attached hydrogens (tertiary/aromatic N) is 3. The second-order valence-corrected chi connectivity index (χ2v) is 9.35. The van der Waals surface area contributed by atoms with E-state index in [-0.39, 0.29) is 11.9 Å². The molecule has 2 aromatic heterocycles. The van der Waals surface area contributed by atoms with Gasteiger partial charge in [0.15, 0.2) is 0 Å². The molecule has 0 bridgehead atoms. The van der Waals surface area contributed by atoms with Crippen LogP contribution in [-0.4, -0.2) is 39.9 Å². The Bertz CT molecular complexity index is 1050. The lowest BCUT2D eigenvalue weighted by Gasteiger charge is -2.19. The summed E-state index contributed by atoms with van der Waals surface area (Å²) < 4.78 is 5.93. The highest BCUT2D eigenvalue weighted by molar-refractivity contribution is 7.18. The van der Waals surface area contributed by atoms with Crippen molar-refractivity contribution in [1.29, 1.82) is 0 Å². The van der Waals surface area contributed by atoms with Crippen LogP contribution in [0, 0.1) is 18.8 Å². The van der Waals surface area contributed by atoms with Gasteiger partial charge in [0.1, 0.15) is 17.8 Å². The first-order valence-electron chi connectivity index (χ1n) is 10.1. The number of benzene rings is 1. The molecule has 1 saturated carbocycles. The zero-order valence-electron chi connectivity index (χ0n) is 16.4. The summed E-state index contributed by atoms with van der Waals surface area (Å²) in [5.74, 6) is 1.74. The summed E-state index contributed by atoms with van der Waals surface area (Å²) in [6.07, 6.45) is 3.77. The molecule has 2 fully saturated rings. The van der Waals surface area contributed by atoms with Crippen LogP contribution in [0.15, 0.2) is 36.7 Å². The highest BCUT2D eigenvalue weighted by atomic mass is 32.1. The number of aromatic nitrogens is 2. The second-order valence-electron chi connectivity index (χ2n) is 8.12. The standard InChI is InChI=1S/C22H24N4O2S/c1-13-8-17-20(24-12-25-21(17)29-13)28-11-14-2-4-15(5-3-14)22(27)26-9-16-6-7-19(23)18(16)10-26/h2-5,8,12,16,18-19H,6-7,9-11,23H2,1H3. The van der Waals surface area contributed by atoms with Crippen molar-refractivity contribution in [2.75, 3.05) is 13.1 Å². The van der Waals surface area contributed by atoms with Gasteiger partial charge in [-0.1, -0.05) is 12.1 Å². The zero-order chi connectivity index (χ0) is 20.0. The molecule has 2 aliphatic rings. The Labute approximate surface area is 173 Å². The van der Waals surface area contributed by atoms with Crippen LogP contribution in [0.1, 0.15) is 33.6 Å². The maximum Gasteiger partial charge on any atom is 0.253 e. The van der Waals surface area contributed by atoms with Crippen molar-refractivity contribution in [3.8, 4) is 5.88 Å². The number of nitrogens with two attached hydrogens (primary N) is 1. The van der Waals surface area contributed by atoms with E-state index in [9.17, 15) is 4.79 Å². The van der Waals surface area contributed by atoms with Crippen molar-refractivity contribution in [3.63, 3.8) is 0 Å². The molecule has 6 nitrogen and oxygen atoms in total. The zero-order valence-corrected chi connectivity index (χ0v) is 17.2. The van der Waals surface area contributed by atoms with Crippen LogP contribution < -0.4 is 10.5 Å². The van der Waals surface area contributed by atoms with Gasteiger partial charge in [0.2, 0.25) is 5.88 Å². The van der Waals surface area contributed by atoms with Gasteiger partial charge in [-0.05, 0) is 55.4 Å². The SMILES string of the molecule is Cc1cc2c(OCc3ccc(C(=O)N4CC5CCC(N)C5C4)cc3)ncnc2s1. The highest BCUT2D eigenvalue weighted by Gasteiger charge is 2.42. The molecule has 3 heterocycles. The Morgan fingerprint density at radius 2 is 2.07 bits per heavy atom. The van der Waals surface area contributed by atoms with E-state index in [0.29, 0.717) is 24.3 Å². The summed E-state index contributed by atoms with van der Waals surface area (Å²) >= 11 is 1.63. The maximum atomic E-state index is 12.9. The Balaban J connectivity index is 1.24. The Hall–Kier alpha value is -2.51. The lowest BCUT2D eigenvalue weighted by molar-refractivity contribution is 0.0779. The van der Waals surface area contributed by atoms with Crippen LogP contribution in [0.25, 0.3) is 10.2 Å². The molecular weight excluding hydrogens is 384 g/mol. The molecule has 0 spiro atoms. The predicted molar refractivity (Wildman–Crippen MR) is 113 cm³/mol. The largest absolute Gasteiger partial charge is 0.472 e. The predicted octanol–water partition coefficient (Wildman–Crippen LogP) is 3.39. The third kappa shape index (κ3) is 3.49. The highest BCUT2D eigenvalue weighted by Crippen LogP contribution is 2.37. The van der Waals surface area contributed by atoms with Gasteiger partial charge < -0.3 is 15.4 Å². The van der Waals surface area contributed by atoms with E-state index >= 15 is 0 Å². The van der Waals surface area contributed by atoms with Gasteiger partial charge in [-0.15, -0.1) is 11.3 Å². The number of aryl methyl sites for hydroxylation is 1. The van der Waals surface area contributed by atoms with E-state index in [1.54, 1.807) is 11.3 Å². The molecule has 1 aliphatic heterocycles. The Morgan fingerprint density at radius 1 is 1.24 bits per heavy atom. The summed E-state index contributed by atoms with van der Waals surface area (Å²) in [5.41, 5.74) is 7.92. The quantitative estimate of drug-likeness (QED) is 0.716. The fourth-order valence-electron chi connectivity index (χ4n) is 4.62. The fourth-order valence-corrected chi connectivity index (χ4v) is 5.46. The van der Waals surface area contributed by atoms with Gasteiger partial charge in [-0.2, -0.15) is 0 Å². The molecule has 3 unspecified atom stereocenters. The van der Waals surface area contributed by atoms with Crippen molar-refractivity contribution in [1.82, 2.24) is 14.9 Å². The molecule has 3 aromatic rings. The summed E-state index contributed by atoms with van der Waals surface area (Å²) in [5, 5.41) is 0.944. The van der Waals surface area contributed by atoms with Crippen LogP contribution >= 0.6 is 11.3 Å². The third-order valence-electron chi connectivity index (χ3n) is 6.19. The number of carbonyl (C=O) groups excluding carboxylic acids is 1. The van der Waals surface area contributed by atoms with Gasteiger partial charge >= 0.3 is 0 Å². The number of hydrogen-bond acceptors (Lipinski definition) is 6. The molecule has 7 heteroatoms. The number of ether oxygens (including phenoxy) is 1. The summed E-state index contributed by atoms with van der Waals surface area (Å²) in [6, 6.07) is 9.98. The van der Waals surface area contributed by atoms with Crippen molar-refractivity contribution >= 4 is 27.5 Å². The topological polar surface area (TPSA) is 81.3 Å². The molecular formula is C22H24N4O2S. The van der Waals surface area contributed by atoms with Gasteiger partial charge in [0, 0.05) is 29.6 Å². The monoisotopic (exact) mass is 408 g/mol. The molecule has 0 radical (unpaired) electrons. The summed E-state index contributed by atoms with van der Waals surface area (Å²) in [7, 11) is 0. The average Bonchev–Trinajstić information content (AvgIpc) is 3.41. The molecule has 1 amide bonds. The number of hydrogen-bond donors (Lipinski definition) is 1. The molecule has 29 heavy (non-hydrogen) atoms. The van der Waals surface area contributed by atoms with Gasteiger partial charge in [0.25, 0.3) is 5.91 Å². The van der Waals surface area contributed by atoms with Gasteiger partial charge in [-0.25, -0.2) is 9.97 Å². The van der Waals surface area contributed by atoms with Crippen molar-refractivity contribution in [2.45, 2.75) is 32.4 Å². The van der Waals surface area contributed by atoms with E-state index in [4.69, 9.17) is 10.5 Å². The number of likely N-dealkylation sites (tertiary alicyclic amines) is 1. The van der Waals surface area contributed by atoms with Crippen molar-refractivity contribution in [3.05, 3.63) is 52.7 Å². The average molecular weight is 409 g/mol. The van der Waals surface area contributed by atoms with Gasteiger partial charge in [-0.3, -0.25) is 4.79 Å². The Morgan fingerprint density at radius 3 is 2.86 bits per heavy atom. The summed E-state index contributed by atoms with van der Waals surface area (Å²) in [4.78, 5) is 25.5. The molecule has 1 saturated heterocycles. The lowest BCUT2D eigenvalue weighted by Crippen LogP contribution is -2.33.